The lowest BCUT2D eigenvalue weighted by molar-refractivity contribution is -0.120. The van der Waals surface area contributed by atoms with Gasteiger partial charge in [-0.15, -0.1) is 0 Å². The minimum absolute atomic E-state index is 0.156. The van der Waals surface area contributed by atoms with Gasteiger partial charge in [-0.2, -0.15) is 0 Å². The Kier molecular flexibility index (Phi) is 5.41. The first-order chi connectivity index (χ1) is 11.0. The molecule has 6 heteroatoms. The van der Waals surface area contributed by atoms with E-state index in [1.807, 2.05) is 0 Å². The van der Waals surface area contributed by atoms with Crippen LogP contribution in [0.2, 0.25) is 0 Å². The Labute approximate surface area is 134 Å². The summed E-state index contributed by atoms with van der Waals surface area (Å²) in [6.45, 7) is -0.156. The van der Waals surface area contributed by atoms with E-state index in [4.69, 9.17) is 14.2 Å². The van der Waals surface area contributed by atoms with E-state index >= 15 is 0 Å². The second-order valence-electron chi connectivity index (χ2n) is 4.73. The zero-order chi connectivity index (χ0) is 16.8. The van der Waals surface area contributed by atoms with E-state index in [2.05, 4.69) is 0 Å². The van der Waals surface area contributed by atoms with Gasteiger partial charge >= 0.3 is 0 Å². The molecule has 2 rings (SSSR count). The molecular formula is C17H18FNO4. The number of halogens is 1. The van der Waals surface area contributed by atoms with Gasteiger partial charge in [0.15, 0.2) is 18.1 Å². The molecule has 0 aliphatic carbocycles. The molecule has 0 spiro atoms. The van der Waals surface area contributed by atoms with Gasteiger partial charge in [0.1, 0.15) is 11.6 Å². The van der Waals surface area contributed by atoms with Crippen LogP contribution in [-0.2, 0) is 4.79 Å². The van der Waals surface area contributed by atoms with Crippen LogP contribution in [0.4, 0.5) is 10.1 Å². The maximum absolute atomic E-state index is 12.8. The summed E-state index contributed by atoms with van der Waals surface area (Å²) in [5.74, 6) is 0.942. The van der Waals surface area contributed by atoms with Crippen molar-refractivity contribution in [1.82, 2.24) is 0 Å². The zero-order valence-corrected chi connectivity index (χ0v) is 13.2. The van der Waals surface area contributed by atoms with E-state index in [-0.39, 0.29) is 18.3 Å². The first-order valence-electron chi connectivity index (χ1n) is 6.92. The molecule has 5 nitrogen and oxygen atoms in total. The number of amides is 1. The summed E-state index contributed by atoms with van der Waals surface area (Å²) >= 11 is 0. The van der Waals surface area contributed by atoms with Gasteiger partial charge in [0.05, 0.1) is 14.2 Å². The van der Waals surface area contributed by atoms with E-state index in [0.717, 1.165) is 0 Å². The van der Waals surface area contributed by atoms with Crippen LogP contribution < -0.4 is 19.1 Å². The van der Waals surface area contributed by atoms with Crippen molar-refractivity contribution >= 4 is 11.6 Å². The lowest BCUT2D eigenvalue weighted by Gasteiger charge is -2.19. The third-order valence-corrected chi connectivity index (χ3v) is 3.30. The Hall–Kier alpha value is -2.76. The molecule has 2 aromatic carbocycles. The van der Waals surface area contributed by atoms with E-state index in [1.165, 1.54) is 36.3 Å². The number of nitrogens with zero attached hydrogens (tertiary/aromatic N) is 1. The summed E-state index contributed by atoms with van der Waals surface area (Å²) in [5.41, 5.74) is 0.648. The van der Waals surface area contributed by atoms with Crippen LogP contribution in [0.3, 0.4) is 0 Å². The van der Waals surface area contributed by atoms with E-state index in [1.54, 1.807) is 32.4 Å². The first-order valence-corrected chi connectivity index (χ1v) is 6.92. The van der Waals surface area contributed by atoms with Crippen molar-refractivity contribution in [3.63, 3.8) is 0 Å². The number of benzene rings is 2. The van der Waals surface area contributed by atoms with Crippen LogP contribution in [0.5, 0.6) is 17.2 Å². The quantitative estimate of drug-likeness (QED) is 0.821. The zero-order valence-electron chi connectivity index (χ0n) is 13.2. The minimum atomic E-state index is -0.355. The van der Waals surface area contributed by atoms with E-state index in [0.29, 0.717) is 22.9 Å². The molecule has 0 atom stereocenters. The third kappa shape index (κ3) is 4.12. The van der Waals surface area contributed by atoms with Gasteiger partial charge in [-0.05, 0) is 36.4 Å². The summed E-state index contributed by atoms with van der Waals surface area (Å²) in [7, 11) is 4.71. The number of likely N-dealkylation sites (N-methyl/N-ethyl adjacent to an activating group) is 1. The van der Waals surface area contributed by atoms with Crippen LogP contribution in [0.1, 0.15) is 0 Å². The molecule has 0 heterocycles. The Morgan fingerprint density at radius 2 is 1.70 bits per heavy atom. The average molecular weight is 319 g/mol. The molecule has 0 bridgehead atoms. The van der Waals surface area contributed by atoms with Crippen LogP contribution in [0.25, 0.3) is 0 Å². The number of anilines is 1. The molecule has 0 fully saturated rings. The smallest absolute Gasteiger partial charge is 0.264 e. The van der Waals surface area contributed by atoms with E-state index in [9.17, 15) is 9.18 Å². The highest BCUT2D eigenvalue weighted by molar-refractivity contribution is 5.94. The summed E-state index contributed by atoms with van der Waals surface area (Å²) < 4.78 is 28.5. The maximum atomic E-state index is 12.8. The Bertz CT molecular complexity index is 673. The van der Waals surface area contributed by atoms with Crippen LogP contribution >= 0.6 is 0 Å². The molecule has 122 valence electrons. The van der Waals surface area contributed by atoms with Gasteiger partial charge in [-0.25, -0.2) is 4.39 Å². The molecule has 0 N–H and O–H groups in total. The molecule has 2 aromatic rings. The predicted molar refractivity (Wildman–Crippen MR) is 84.9 cm³/mol. The molecular weight excluding hydrogens is 301 g/mol. The average Bonchev–Trinajstić information content (AvgIpc) is 2.59. The molecule has 0 saturated carbocycles. The van der Waals surface area contributed by atoms with Gasteiger partial charge in [0.2, 0.25) is 0 Å². The number of carbonyl (C=O) groups excluding carboxylic acids is 1. The highest BCUT2D eigenvalue weighted by Crippen LogP contribution is 2.31. The van der Waals surface area contributed by atoms with Gasteiger partial charge in [-0.3, -0.25) is 4.79 Å². The summed E-state index contributed by atoms with van der Waals surface area (Å²) in [4.78, 5) is 13.6. The summed E-state index contributed by atoms with van der Waals surface area (Å²) in [6, 6.07) is 10.7. The second-order valence-corrected chi connectivity index (χ2v) is 4.73. The van der Waals surface area contributed by atoms with Crippen LogP contribution in [0, 0.1) is 5.82 Å². The first kappa shape index (κ1) is 16.6. The number of carbonyl (C=O) groups is 1. The fourth-order valence-corrected chi connectivity index (χ4v) is 1.95. The third-order valence-electron chi connectivity index (χ3n) is 3.30. The lowest BCUT2D eigenvalue weighted by Crippen LogP contribution is -2.31. The molecule has 0 aliphatic heterocycles. The van der Waals surface area contributed by atoms with Crippen molar-refractivity contribution in [3.8, 4) is 17.2 Å². The lowest BCUT2D eigenvalue weighted by atomic mass is 10.2. The monoisotopic (exact) mass is 319 g/mol. The van der Waals surface area contributed by atoms with Crippen molar-refractivity contribution in [2.45, 2.75) is 0 Å². The Morgan fingerprint density at radius 1 is 1.04 bits per heavy atom. The minimum Gasteiger partial charge on any atom is -0.493 e. The molecule has 0 unspecified atom stereocenters. The van der Waals surface area contributed by atoms with Crippen LogP contribution in [-0.4, -0.2) is 33.8 Å². The van der Waals surface area contributed by atoms with Gasteiger partial charge in [0, 0.05) is 18.8 Å². The standard InChI is InChI=1S/C17H18FNO4/c1-19(13-6-9-15(21-2)16(10-13)22-3)17(20)11-23-14-7-4-12(18)5-8-14/h4-10H,11H2,1-3H3. The number of hydrogen-bond acceptors (Lipinski definition) is 4. The number of ether oxygens (including phenoxy) is 3. The normalized spacial score (nSPS) is 10.1. The summed E-state index contributed by atoms with van der Waals surface area (Å²) in [5, 5.41) is 0. The highest BCUT2D eigenvalue weighted by atomic mass is 19.1. The van der Waals surface area contributed by atoms with Gasteiger partial charge < -0.3 is 19.1 Å². The number of hydrogen-bond donors (Lipinski definition) is 0. The second kappa shape index (κ2) is 7.49. The molecule has 0 aromatic heterocycles. The fourth-order valence-electron chi connectivity index (χ4n) is 1.95. The molecule has 1 amide bonds. The van der Waals surface area contributed by atoms with E-state index < -0.39 is 0 Å². The van der Waals surface area contributed by atoms with Crippen molar-refractivity contribution in [2.24, 2.45) is 0 Å². The molecule has 0 saturated heterocycles. The maximum Gasteiger partial charge on any atom is 0.264 e. The molecule has 23 heavy (non-hydrogen) atoms. The predicted octanol–water partition coefficient (Wildman–Crippen LogP) is 2.88. The highest BCUT2D eigenvalue weighted by Gasteiger charge is 2.14. The number of methoxy groups -OCH3 is 2. The molecule has 0 radical (unpaired) electrons. The van der Waals surface area contributed by atoms with Gasteiger partial charge in [-0.1, -0.05) is 0 Å². The number of rotatable bonds is 6. The SMILES string of the molecule is COc1ccc(N(C)C(=O)COc2ccc(F)cc2)cc1OC. The molecule has 0 aliphatic rings. The van der Waals surface area contributed by atoms with Gasteiger partial charge in [0.25, 0.3) is 5.91 Å². The summed E-state index contributed by atoms with van der Waals surface area (Å²) in [6.07, 6.45) is 0. The Morgan fingerprint density at radius 3 is 2.30 bits per heavy atom. The van der Waals surface area contributed by atoms with Crippen molar-refractivity contribution in [1.29, 1.82) is 0 Å². The van der Waals surface area contributed by atoms with Crippen molar-refractivity contribution in [3.05, 3.63) is 48.3 Å². The fraction of sp³-hybridized carbons (Fsp3) is 0.235. The largest absolute Gasteiger partial charge is 0.493 e. The van der Waals surface area contributed by atoms with Crippen molar-refractivity contribution < 1.29 is 23.4 Å². The topological polar surface area (TPSA) is 48.0 Å². The van der Waals surface area contributed by atoms with Crippen LogP contribution in [0.15, 0.2) is 42.5 Å². The Balaban J connectivity index is 2.03. The van der Waals surface area contributed by atoms with Crippen molar-refractivity contribution in [2.75, 3.05) is 32.8 Å².